The third-order valence-electron chi connectivity index (χ3n) is 11.4. The smallest absolute Gasteiger partial charge is 0.306 e. The number of unbranched alkanes of at least 4 members (excludes halogenated alkanes) is 31. The summed E-state index contributed by atoms with van der Waals surface area (Å²) in [4.78, 5) is 37.9. The van der Waals surface area contributed by atoms with Gasteiger partial charge in [0.25, 0.3) is 0 Å². The van der Waals surface area contributed by atoms with Crippen LogP contribution in [0.2, 0.25) is 0 Å². The van der Waals surface area contributed by atoms with Crippen molar-refractivity contribution in [3.8, 4) is 0 Å². The molecule has 0 radical (unpaired) electrons. The van der Waals surface area contributed by atoms with Crippen molar-refractivity contribution in [2.45, 2.75) is 277 Å². The Morgan fingerprint density at radius 3 is 0.967 bits per heavy atom. The Kier molecular flexibility index (Phi) is 47.3. The maximum Gasteiger partial charge on any atom is 0.306 e. The Labute approximate surface area is 372 Å². The lowest BCUT2D eigenvalue weighted by atomic mass is 10.1. The van der Waals surface area contributed by atoms with E-state index in [-0.39, 0.29) is 31.1 Å². The van der Waals surface area contributed by atoms with Gasteiger partial charge >= 0.3 is 17.9 Å². The van der Waals surface area contributed by atoms with Crippen LogP contribution in [0.15, 0.2) is 36.5 Å². The van der Waals surface area contributed by atoms with Crippen molar-refractivity contribution in [2.75, 3.05) is 13.2 Å². The summed E-state index contributed by atoms with van der Waals surface area (Å²) in [5.74, 6) is -0.889. The van der Waals surface area contributed by atoms with E-state index in [4.69, 9.17) is 14.2 Å². The Bertz CT molecular complexity index is 1020. The van der Waals surface area contributed by atoms with Gasteiger partial charge in [0.2, 0.25) is 0 Å². The van der Waals surface area contributed by atoms with Crippen LogP contribution in [0.1, 0.15) is 271 Å². The highest BCUT2D eigenvalue weighted by Gasteiger charge is 2.19. The third-order valence-corrected chi connectivity index (χ3v) is 11.4. The summed E-state index contributed by atoms with van der Waals surface area (Å²) >= 11 is 0. The van der Waals surface area contributed by atoms with Crippen LogP contribution in [0.3, 0.4) is 0 Å². The Hall–Kier alpha value is -2.37. The maximum absolute atomic E-state index is 12.8. The van der Waals surface area contributed by atoms with Crippen LogP contribution >= 0.6 is 0 Å². The fraction of sp³-hybridized carbons (Fsp3) is 0.833. The molecule has 0 saturated heterocycles. The molecule has 0 aliphatic heterocycles. The lowest BCUT2D eigenvalue weighted by molar-refractivity contribution is -0.167. The van der Waals surface area contributed by atoms with Crippen molar-refractivity contribution >= 4 is 17.9 Å². The number of allylic oxidation sites excluding steroid dienone is 6. The van der Waals surface area contributed by atoms with Crippen LogP contribution in [0.25, 0.3) is 0 Å². The highest BCUT2D eigenvalue weighted by atomic mass is 16.6. The zero-order chi connectivity index (χ0) is 43.7. The molecule has 0 rings (SSSR count). The summed E-state index contributed by atoms with van der Waals surface area (Å²) in [6.45, 7) is 6.60. The van der Waals surface area contributed by atoms with Crippen molar-refractivity contribution in [2.24, 2.45) is 0 Å². The first-order valence-corrected chi connectivity index (χ1v) is 26.0. The average molecular weight is 843 g/mol. The first-order chi connectivity index (χ1) is 29.5. The maximum atomic E-state index is 12.8. The summed E-state index contributed by atoms with van der Waals surface area (Å²) in [6.07, 6.45) is 56.9. The molecule has 0 amide bonds. The standard InChI is InChI=1S/C54H98O6/c1-4-7-10-13-16-19-22-24-26-28-29-32-35-38-41-44-47-53(56)59-50-51(49-58-52(55)46-43-40-37-34-31-21-18-15-12-9-6-3)60-54(57)48-45-42-39-36-33-30-27-25-23-20-17-14-11-8-5-2/h17,20,23,25-26,28,51H,4-16,18-19,21-22,24,27,29-50H2,1-3H3/b20-17-,25-23-,28-26-. The van der Waals surface area contributed by atoms with Crippen LogP contribution in [0.5, 0.6) is 0 Å². The summed E-state index contributed by atoms with van der Waals surface area (Å²) in [5, 5.41) is 0. The molecule has 0 aliphatic rings. The first-order valence-electron chi connectivity index (χ1n) is 26.0. The SMILES string of the molecule is CCCCC/C=C\C=C/CCCCCCCCC(=O)OC(COC(=O)CCCCCCC/C=C\CCCCCCCCC)COC(=O)CCCCCCCCCCCCC. The van der Waals surface area contributed by atoms with Crippen LogP contribution in [0, 0.1) is 0 Å². The third kappa shape index (κ3) is 46.7. The average Bonchev–Trinajstić information content (AvgIpc) is 3.24. The van der Waals surface area contributed by atoms with E-state index in [1.807, 2.05) is 0 Å². The zero-order valence-corrected chi connectivity index (χ0v) is 40.0. The van der Waals surface area contributed by atoms with E-state index in [0.29, 0.717) is 19.3 Å². The van der Waals surface area contributed by atoms with Gasteiger partial charge < -0.3 is 14.2 Å². The van der Waals surface area contributed by atoms with Crippen molar-refractivity contribution in [1.29, 1.82) is 0 Å². The molecule has 0 spiro atoms. The lowest BCUT2D eigenvalue weighted by Gasteiger charge is -2.18. The zero-order valence-electron chi connectivity index (χ0n) is 40.0. The normalized spacial score (nSPS) is 12.2. The summed E-state index contributed by atoms with van der Waals surface area (Å²) in [6, 6.07) is 0. The van der Waals surface area contributed by atoms with Crippen molar-refractivity contribution in [3.63, 3.8) is 0 Å². The number of ether oxygens (including phenoxy) is 3. The van der Waals surface area contributed by atoms with Crippen molar-refractivity contribution in [1.82, 2.24) is 0 Å². The topological polar surface area (TPSA) is 78.9 Å². The van der Waals surface area contributed by atoms with E-state index in [9.17, 15) is 14.4 Å². The van der Waals surface area contributed by atoms with E-state index in [2.05, 4.69) is 57.2 Å². The van der Waals surface area contributed by atoms with Gasteiger partial charge in [-0.05, 0) is 70.6 Å². The second-order valence-electron chi connectivity index (χ2n) is 17.5. The quantitative estimate of drug-likeness (QED) is 0.0200. The molecule has 6 nitrogen and oxygen atoms in total. The van der Waals surface area contributed by atoms with Gasteiger partial charge in [-0.2, -0.15) is 0 Å². The summed E-state index contributed by atoms with van der Waals surface area (Å²) in [7, 11) is 0. The minimum Gasteiger partial charge on any atom is -0.462 e. The molecule has 6 heteroatoms. The minimum atomic E-state index is -0.777. The van der Waals surface area contributed by atoms with Crippen LogP contribution in [-0.2, 0) is 28.6 Å². The van der Waals surface area contributed by atoms with E-state index in [1.54, 1.807) is 0 Å². The minimum absolute atomic E-state index is 0.0769. The molecule has 0 N–H and O–H groups in total. The molecule has 1 unspecified atom stereocenters. The molecule has 350 valence electrons. The molecular weight excluding hydrogens is 745 g/mol. The van der Waals surface area contributed by atoms with Gasteiger partial charge in [0.1, 0.15) is 13.2 Å². The molecule has 0 aromatic carbocycles. The van der Waals surface area contributed by atoms with E-state index >= 15 is 0 Å². The van der Waals surface area contributed by atoms with Crippen LogP contribution < -0.4 is 0 Å². The van der Waals surface area contributed by atoms with Crippen molar-refractivity contribution < 1.29 is 28.6 Å². The molecule has 0 fully saturated rings. The summed E-state index contributed by atoms with van der Waals surface area (Å²) < 4.78 is 16.8. The largest absolute Gasteiger partial charge is 0.462 e. The van der Waals surface area contributed by atoms with Gasteiger partial charge in [0.05, 0.1) is 0 Å². The highest BCUT2D eigenvalue weighted by molar-refractivity contribution is 5.71. The van der Waals surface area contributed by atoms with Crippen molar-refractivity contribution in [3.05, 3.63) is 36.5 Å². The van der Waals surface area contributed by atoms with E-state index in [1.165, 1.54) is 161 Å². The molecule has 0 heterocycles. The Balaban J connectivity index is 4.37. The molecule has 0 aromatic heterocycles. The van der Waals surface area contributed by atoms with E-state index in [0.717, 1.165) is 70.6 Å². The predicted molar refractivity (Wildman–Crippen MR) is 256 cm³/mol. The molecule has 0 aliphatic carbocycles. The molecule has 60 heavy (non-hydrogen) atoms. The lowest BCUT2D eigenvalue weighted by Crippen LogP contribution is -2.30. The van der Waals surface area contributed by atoms with Gasteiger partial charge in [-0.25, -0.2) is 0 Å². The first kappa shape index (κ1) is 57.6. The fourth-order valence-electron chi connectivity index (χ4n) is 7.43. The number of carbonyl (C=O) groups excluding carboxylic acids is 3. The highest BCUT2D eigenvalue weighted by Crippen LogP contribution is 2.15. The van der Waals surface area contributed by atoms with Gasteiger partial charge in [0, 0.05) is 19.3 Å². The number of rotatable bonds is 47. The molecular formula is C54H98O6. The van der Waals surface area contributed by atoms with Gasteiger partial charge in [-0.15, -0.1) is 0 Å². The number of hydrogen-bond acceptors (Lipinski definition) is 6. The Morgan fingerprint density at radius 2 is 0.600 bits per heavy atom. The van der Waals surface area contributed by atoms with Gasteiger partial charge in [-0.1, -0.05) is 218 Å². The van der Waals surface area contributed by atoms with E-state index < -0.39 is 6.10 Å². The van der Waals surface area contributed by atoms with Gasteiger partial charge in [-0.3, -0.25) is 14.4 Å². The number of hydrogen-bond donors (Lipinski definition) is 0. The predicted octanol–water partition coefficient (Wildman–Crippen LogP) is 16.9. The second kappa shape index (κ2) is 49.3. The number of carbonyl (C=O) groups is 3. The van der Waals surface area contributed by atoms with Gasteiger partial charge in [0.15, 0.2) is 6.10 Å². The monoisotopic (exact) mass is 843 g/mol. The van der Waals surface area contributed by atoms with Crippen LogP contribution in [-0.4, -0.2) is 37.2 Å². The number of esters is 3. The molecule has 1 atom stereocenters. The second-order valence-corrected chi connectivity index (χ2v) is 17.5. The Morgan fingerprint density at radius 1 is 0.333 bits per heavy atom. The fourth-order valence-corrected chi connectivity index (χ4v) is 7.43. The molecule has 0 aromatic rings. The van der Waals surface area contributed by atoms with Crippen LogP contribution in [0.4, 0.5) is 0 Å². The molecule has 0 saturated carbocycles. The summed E-state index contributed by atoms with van der Waals surface area (Å²) in [5.41, 5.74) is 0. The molecule has 0 bridgehead atoms.